The van der Waals surface area contributed by atoms with E-state index in [1.165, 1.54) is 6.42 Å². The Kier molecular flexibility index (Phi) is 2.54. The van der Waals surface area contributed by atoms with Crippen molar-refractivity contribution in [3.63, 3.8) is 0 Å². The van der Waals surface area contributed by atoms with Gasteiger partial charge in [0.25, 0.3) is 5.91 Å². The van der Waals surface area contributed by atoms with E-state index in [9.17, 15) is 4.79 Å². The third kappa shape index (κ3) is 1.80. The second kappa shape index (κ2) is 3.95. The summed E-state index contributed by atoms with van der Waals surface area (Å²) >= 11 is 3.47. The van der Waals surface area contributed by atoms with Crippen LogP contribution in [0.4, 0.5) is 0 Å². The second-order valence-corrected chi connectivity index (χ2v) is 5.56. The molecule has 0 spiro atoms. The number of nitrogens with zero attached hydrogens (tertiary/aromatic N) is 2. The van der Waals surface area contributed by atoms with Crippen LogP contribution in [0, 0.1) is 6.92 Å². The molecule has 2 aliphatic rings. The Bertz CT molecular complexity index is 530. The van der Waals surface area contributed by atoms with Gasteiger partial charge in [0.05, 0.1) is 6.54 Å². The van der Waals surface area contributed by atoms with Crippen LogP contribution in [-0.2, 0) is 6.54 Å². The number of carbonyl (C=O) groups is 1. The van der Waals surface area contributed by atoms with Crippen molar-refractivity contribution in [1.29, 1.82) is 0 Å². The van der Waals surface area contributed by atoms with Gasteiger partial charge in [0.2, 0.25) is 0 Å². The monoisotopic (exact) mass is 292 g/mol. The normalized spacial score (nSPS) is 18.1. The largest absolute Gasteiger partial charge is 0.274 e. The van der Waals surface area contributed by atoms with Gasteiger partial charge in [-0.2, -0.15) is 5.10 Å². The molecule has 4 heteroatoms. The molecule has 0 saturated heterocycles. The van der Waals surface area contributed by atoms with E-state index in [0.29, 0.717) is 6.54 Å². The standard InChI is InChI=1S/C13H13BrN2O/c1-8-5-10(14)6-9-7-16(13(17)12(8)9)15-11-3-2-4-11/h5-6H,2-4,7H2,1H3. The van der Waals surface area contributed by atoms with Crippen LogP contribution in [-0.4, -0.2) is 16.6 Å². The van der Waals surface area contributed by atoms with Gasteiger partial charge in [0.1, 0.15) is 0 Å². The Morgan fingerprint density at radius 2 is 2.12 bits per heavy atom. The molecule has 0 unspecified atom stereocenters. The predicted octanol–water partition coefficient (Wildman–Crippen LogP) is 3.25. The number of fused-ring (bicyclic) bond motifs is 1. The summed E-state index contributed by atoms with van der Waals surface area (Å²) in [7, 11) is 0. The van der Waals surface area contributed by atoms with Gasteiger partial charge >= 0.3 is 0 Å². The number of aryl methyl sites for hydroxylation is 1. The number of hydrazone groups is 1. The number of halogens is 1. The van der Waals surface area contributed by atoms with Gasteiger partial charge < -0.3 is 0 Å². The zero-order chi connectivity index (χ0) is 12.0. The summed E-state index contributed by atoms with van der Waals surface area (Å²) in [5.41, 5.74) is 4.08. The van der Waals surface area contributed by atoms with Crippen molar-refractivity contribution in [3.05, 3.63) is 33.3 Å². The molecule has 0 bridgehead atoms. The zero-order valence-corrected chi connectivity index (χ0v) is 11.2. The van der Waals surface area contributed by atoms with Crippen molar-refractivity contribution in [2.45, 2.75) is 32.7 Å². The molecule has 0 N–H and O–H groups in total. The molecule has 0 atom stereocenters. The average molecular weight is 293 g/mol. The van der Waals surface area contributed by atoms with E-state index in [1.54, 1.807) is 5.01 Å². The molecule has 3 rings (SSSR count). The Hall–Kier alpha value is -1.16. The molecule has 0 radical (unpaired) electrons. The summed E-state index contributed by atoms with van der Waals surface area (Å²) < 4.78 is 1.03. The molecule has 3 nitrogen and oxygen atoms in total. The summed E-state index contributed by atoms with van der Waals surface area (Å²) in [5, 5.41) is 6.04. The van der Waals surface area contributed by atoms with Crippen molar-refractivity contribution in [2.75, 3.05) is 0 Å². The fourth-order valence-corrected chi connectivity index (χ4v) is 2.91. The van der Waals surface area contributed by atoms with E-state index in [4.69, 9.17) is 0 Å². The molecule has 1 heterocycles. The minimum Gasteiger partial charge on any atom is -0.267 e. The highest BCUT2D eigenvalue weighted by molar-refractivity contribution is 9.10. The highest BCUT2D eigenvalue weighted by atomic mass is 79.9. The lowest BCUT2D eigenvalue weighted by atomic mass is 9.98. The Morgan fingerprint density at radius 3 is 2.76 bits per heavy atom. The van der Waals surface area contributed by atoms with E-state index >= 15 is 0 Å². The van der Waals surface area contributed by atoms with Crippen LogP contribution >= 0.6 is 15.9 Å². The molecule has 1 aromatic carbocycles. The van der Waals surface area contributed by atoms with E-state index in [1.807, 2.05) is 19.1 Å². The predicted molar refractivity (Wildman–Crippen MR) is 70.0 cm³/mol. The number of benzene rings is 1. The number of hydrogen-bond acceptors (Lipinski definition) is 2. The molecule has 1 aliphatic heterocycles. The first kappa shape index (κ1) is 11.0. The van der Waals surface area contributed by atoms with Crippen molar-refractivity contribution < 1.29 is 4.79 Å². The van der Waals surface area contributed by atoms with Crippen LogP contribution in [0.1, 0.15) is 40.7 Å². The first-order chi connectivity index (χ1) is 8.15. The van der Waals surface area contributed by atoms with E-state index in [-0.39, 0.29) is 5.91 Å². The summed E-state index contributed by atoms with van der Waals surface area (Å²) in [5.74, 6) is 0.0457. The average Bonchev–Trinajstić information content (AvgIpc) is 2.49. The third-order valence-corrected chi connectivity index (χ3v) is 3.80. The number of hydrogen-bond donors (Lipinski definition) is 0. The molecule has 17 heavy (non-hydrogen) atoms. The van der Waals surface area contributed by atoms with Crippen LogP contribution in [0.5, 0.6) is 0 Å². The van der Waals surface area contributed by atoms with Crippen molar-refractivity contribution in [2.24, 2.45) is 5.10 Å². The van der Waals surface area contributed by atoms with Crippen LogP contribution in [0.2, 0.25) is 0 Å². The second-order valence-electron chi connectivity index (χ2n) is 4.64. The highest BCUT2D eigenvalue weighted by Crippen LogP contribution is 2.30. The minimum atomic E-state index is 0.0457. The van der Waals surface area contributed by atoms with Gasteiger partial charge in [0.15, 0.2) is 0 Å². The van der Waals surface area contributed by atoms with E-state index < -0.39 is 0 Å². The lowest BCUT2D eigenvalue weighted by Gasteiger charge is -2.18. The molecule has 1 fully saturated rings. The van der Waals surface area contributed by atoms with Crippen molar-refractivity contribution in [1.82, 2.24) is 5.01 Å². The quantitative estimate of drug-likeness (QED) is 0.782. The Balaban J connectivity index is 1.97. The van der Waals surface area contributed by atoms with E-state index in [0.717, 1.165) is 39.7 Å². The summed E-state index contributed by atoms with van der Waals surface area (Å²) in [6, 6.07) is 4.00. The smallest absolute Gasteiger partial charge is 0.267 e. The lowest BCUT2D eigenvalue weighted by Crippen LogP contribution is -2.22. The van der Waals surface area contributed by atoms with Gasteiger partial charge in [0, 0.05) is 15.7 Å². The van der Waals surface area contributed by atoms with Gasteiger partial charge in [-0.25, -0.2) is 5.01 Å². The SMILES string of the molecule is Cc1cc(Br)cc2c1C(=O)N(N=C1CCC1)C2. The topological polar surface area (TPSA) is 32.7 Å². The fourth-order valence-electron chi connectivity index (χ4n) is 2.29. The Morgan fingerprint density at radius 1 is 1.35 bits per heavy atom. The third-order valence-electron chi connectivity index (χ3n) is 3.34. The summed E-state index contributed by atoms with van der Waals surface area (Å²) in [6.07, 6.45) is 3.30. The summed E-state index contributed by atoms with van der Waals surface area (Å²) in [6.45, 7) is 2.58. The molecule has 1 aromatic rings. The van der Waals surface area contributed by atoms with Crippen LogP contribution in [0.25, 0.3) is 0 Å². The molecule has 1 saturated carbocycles. The molecular formula is C13H13BrN2O. The first-order valence-electron chi connectivity index (χ1n) is 5.82. The van der Waals surface area contributed by atoms with E-state index in [2.05, 4.69) is 21.0 Å². The van der Waals surface area contributed by atoms with Gasteiger partial charge in [-0.15, -0.1) is 0 Å². The van der Waals surface area contributed by atoms with Crippen molar-refractivity contribution in [3.8, 4) is 0 Å². The van der Waals surface area contributed by atoms with Gasteiger partial charge in [-0.3, -0.25) is 4.79 Å². The number of rotatable bonds is 1. The van der Waals surface area contributed by atoms with Gasteiger partial charge in [-0.05, 0) is 49.4 Å². The Labute approximate surface area is 109 Å². The highest BCUT2D eigenvalue weighted by Gasteiger charge is 2.30. The lowest BCUT2D eigenvalue weighted by molar-refractivity contribution is 0.0781. The van der Waals surface area contributed by atoms with Crippen LogP contribution < -0.4 is 0 Å². The maximum Gasteiger partial charge on any atom is 0.274 e. The minimum absolute atomic E-state index is 0.0457. The molecule has 0 aromatic heterocycles. The van der Waals surface area contributed by atoms with Crippen LogP contribution in [0.15, 0.2) is 21.7 Å². The van der Waals surface area contributed by atoms with Crippen molar-refractivity contribution >= 4 is 27.5 Å². The number of amides is 1. The maximum absolute atomic E-state index is 12.2. The maximum atomic E-state index is 12.2. The van der Waals surface area contributed by atoms with Gasteiger partial charge in [-0.1, -0.05) is 15.9 Å². The first-order valence-corrected chi connectivity index (χ1v) is 6.61. The number of carbonyl (C=O) groups excluding carboxylic acids is 1. The zero-order valence-electron chi connectivity index (χ0n) is 9.66. The molecule has 1 aliphatic carbocycles. The summed E-state index contributed by atoms with van der Waals surface area (Å²) in [4.78, 5) is 12.2. The molecule has 88 valence electrons. The molecular weight excluding hydrogens is 280 g/mol. The fraction of sp³-hybridized carbons (Fsp3) is 0.385. The van der Waals surface area contributed by atoms with Crippen LogP contribution in [0.3, 0.4) is 0 Å². The molecule has 1 amide bonds.